The highest BCUT2D eigenvalue weighted by atomic mass is 32.1. The van der Waals surface area contributed by atoms with Crippen LogP contribution in [0.4, 0.5) is 4.79 Å². The molecule has 0 fully saturated rings. The van der Waals surface area contributed by atoms with Crippen LogP contribution in [0.5, 0.6) is 0 Å². The Kier molecular flexibility index (Phi) is 11.1. The van der Waals surface area contributed by atoms with Crippen LogP contribution in [0.3, 0.4) is 0 Å². The van der Waals surface area contributed by atoms with E-state index in [0.717, 1.165) is 25.7 Å². The lowest BCUT2D eigenvalue weighted by Crippen LogP contribution is -2.31. The Bertz CT molecular complexity index is 222. The van der Waals surface area contributed by atoms with Crippen molar-refractivity contribution in [2.45, 2.75) is 52.4 Å². The van der Waals surface area contributed by atoms with Crippen molar-refractivity contribution in [1.82, 2.24) is 5.32 Å². The minimum atomic E-state index is -0.531. The standard InChI is InChI=1S/C12H23NO3S/c1-3-5-7-8-10-16-12(17)13-11(14)15-9-6-4-2/h3-10H2,1-2H3,(H,13,14,17). The maximum atomic E-state index is 11.2. The molecule has 0 saturated carbocycles. The van der Waals surface area contributed by atoms with Gasteiger partial charge in [0.25, 0.3) is 5.17 Å². The fraction of sp³-hybridized carbons (Fsp3) is 0.833. The van der Waals surface area contributed by atoms with Crippen LogP contribution in [0.15, 0.2) is 0 Å². The van der Waals surface area contributed by atoms with Crippen molar-refractivity contribution in [2.75, 3.05) is 13.2 Å². The molecular weight excluding hydrogens is 238 g/mol. The first-order valence-electron chi connectivity index (χ1n) is 6.31. The summed E-state index contributed by atoms with van der Waals surface area (Å²) in [5.41, 5.74) is 0. The summed E-state index contributed by atoms with van der Waals surface area (Å²) in [6.07, 6.45) is 5.79. The Morgan fingerprint density at radius 2 is 1.65 bits per heavy atom. The molecule has 0 heterocycles. The molecule has 1 amide bonds. The molecule has 0 aliphatic carbocycles. The van der Waals surface area contributed by atoms with E-state index >= 15 is 0 Å². The van der Waals surface area contributed by atoms with Crippen LogP contribution in [0, 0.1) is 0 Å². The van der Waals surface area contributed by atoms with Crippen molar-refractivity contribution in [3.8, 4) is 0 Å². The lowest BCUT2D eigenvalue weighted by Gasteiger charge is -2.08. The van der Waals surface area contributed by atoms with E-state index in [4.69, 9.17) is 21.7 Å². The van der Waals surface area contributed by atoms with E-state index in [0.29, 0.717) is 13.2 Å². The second kappa shape index (κ2) is 11.6. The fourth-order valence-corrected chi connectivity index (χ4v) is 1.33. The highest BCUT2D eigenvalue weighted by Gasteiger charge is 2.05. The van der Waals surface area contributed by atoms with Gasteiger partial charge >= 0.3 is 6.09 Å². The summed E-state index contributed by atoms with van der Waals surface area (Å²) in [5, 5.41) is 2.48. The molecule has 0 rings (SSSR count). The van der Waals surface area contributed by atoms with E-state index in [-0.39, 0.29) is 5.17 Å². The first-order chi connectivity index (χ1) is 8.20. The average Bonchev–Trinajstić information content (AvgIpc) is 2.29. The van der Waals surface area contributed by atoms with E-state index in [2.05, 4.69) is 12.2 Å². The Balaban J connectivity index is 3.41. The van der Waals surface area contributed by atoms with Crippen LogP contribution in [-0.2, 0) is 9.47 Å². The normalized spacial score (nSPS) is 9.76. The molecule has 0 aliphatic heterocycles. The minimum Gasteiger partial charge on any atom is -0.471 e. The number of hydrogen-bond acceptors (Lipinski definition) is 4. The monoisotopic (exact) mass is 261 g/mol. The molecule has 0 aromatic carbocycles. The molecule has 100 valence electrons. The molecule has 0 radical (unpaired) electrons. The van der Waals surface area contributed by atoms with Gasteiger partial charge in [-0.1, -0.05) is 39.5 Å². The third kappa shape index (κ3) is 11.4. The van der Waals surface area contributed by atoms with Gasteiger partial charge in [-0.25, -0.2) is 4.79 Å². The average molecular weight is 261 g/mol. The van der Waals surface area contributed by atoms with Crippen LogP contribution in [0.1, 0.15) is 52.4 Å². The SMILES string of the molecule is CCCCCCOC(=S)NC(=O)OCCCC. The molecule has 17 heavy (non-hydrogen) atoms. The minimum absolute atomic E-state index is 0.1000. The van der Waals surface area contributed by atoms with Crippen molar-refractivity contribution >= 4 is 23.5 Å². The highest BCUT2D eigenvalue weighted by molar-refractivity contribution is 7.80. The number of nitrogens with one attached hydrogen (secondary N) is 1. The molecule has 0 bridgehead atoms. The molecule has 0 aliphatic rings. The summed E-state index contributed by atoms with van der Waals surface area (Å²) in [7, 11) is 0. The van der Waals surface area contributed by atoms with Crippen molar-refractivity contribution < 1.29 is 14.3 Å². The summed E-state index contributed by atoms with van der Waals surface area (Å²) < 4.78 is 10.1. The van der Waals surface area contributed by atoms with E-state index in [9.17, 15) is 4.79 Å². The lowest BCUT2D eigenvalue weighted by molar-refractivity contribution is 0.147. The summed E-state index contributed by atoms with van der Waals surface area (Å²) in [6.45, 7) is 5.15. The Morgan fingerprint density at radius 1 is 1.00 bits per heavy atom. The van der Waals surface area contributed by atoms with Crippen molar-refractivity contribution in [2.24, 2.45) is 0 Å². The number of carbonyl (C=O) groups is 1. The van der Waals surface area contributed by atoms with Crippen molar-refractivity contribution in [3.05, 3.63) is 0 Å². The number of hydrogen-bond donors (Lipinski definition) is 1. The molecule has 0 unspecified atom stereocenters. The first kappa shape index (κ1) is 16.2. The van der Waals surface area contributed by atoms with Gasteiger partial charge in [0.2, 0.25) is 0 Å². The zero-order valence-corrected chi connectivity index (χ0v) is 11.6. The number of rotatable bonds is 8. The number of ether oxygens (including phenoxy) is 2. The molecule has 4 nitrogen and oxygen atoms in total. The van der Waals surface area contributed by atoms with Crippen LogP contribution in [0.25, 0.3) is 0 Å². The van der Waals surface area contributed by atoms with Crippen LogP contribution >= 0.6 is 12.2 Å². The molecule has 0 atom stereocenters. The fourth-order valence-electron chi connectivity index (χ4n) is 1.16. The molecule has 5 heteroatoms. The number of carbonyl (C=O) groups excluding carboxylic acids is 1. The predicted octanol–water partition coefficient (Wildman–Crippen LogP) is 3.39. The second-order valence-electron chi connectivity index (χ2n) is 3.81. The Labute approximate surface area is 109 Å². The van der Waals surface area contributed by atoms with Gasteiger partial charge in [0.1, 0.15) is 0 Å². The molecule has 0 aromatic heterocycles. The van der Waals surface area contributed by atoms with E-state index in [1.807, 2.05) is 6.92 Å². The maximum Gasteiger partial charge on any atom is 0.414 e. The van der Waals surface area contributed by atoms with Gasteiger partial charge in [0.15, 0.2) is 0 Å². The molecule has 1 N–H and O–H groups in total. The van der Waals surface area contributed by atoms with Gasteiger partial charge in [-0.15, -0.1) is 0 Å². The molecule has 0 spiro atoms. The number of unbranched alkanes of at least 4 members (excludes halogenated alkanes) is 4. The van der Waals surface area contributed by atoms with E-state index in [1.165, 1.54) is 12.8 Å². The third-order valence-corrected chi connectivity index (χ3v) is 2.39. The summed E-state index contributed by atoms with van der Waals surface area (Å²) in [4.78, 5) is 11.2. The molecule has 0 saturated heterocycles. The van der Waals surface area contributed by atoms with Gasteiger partial charge in [-0.2, -0.15) is 0 Å². The van der Waals surface area contributed by atoms with E-state index < -0.39 is 6.09 Å². The zero-order valence-electron chi connectivity index (χ0n) is 10.8. The van der Waals surface area contributed by atoms with Crippen LogP contribution in [-0.4, -0.2) is 24.5 Å². The third-order valence-electron chi connectivity index (χ3n) is 2.17. The quantitative estimate of drug-likeness (QED) is 0.537. The van der Waals surface area contributed by atoms with Crippen molar-refractivity contribution in [3.63, 3.8) is 0 Å². The summed E-state index contributed by atoms with van der Waals surface area (Å²) >= 11 is 4.85. The Morgan fingerprint density at radius 3 is 2.29 bits per heavy atom. The van der Waals surface area contributed by atoms with E-state index in [1.54, 1.807) is 0 Å². The highest BCUT2D eigenvalue weighted by Crippen LogP contribution is 1.99. The molecule has 0 aromatic rings. The number of thiocarbonyl (C=S) groups is 1. The predicted molar refractivity (Wildman–Crippen MR) is 72.1 cm³/mol. The first-order valence-corrected chi connectivity index (χ1v) is 6.72. The van der Waals surface area contributed by atoms with Gasteiger partial charge in [-0.05, 0) is 25.1 Å². The topological polar surface area (TPSA) is 47.6 Å². The zero-order chi connectivity index (χ0) is 12.9. The maximum absolute atomic E-state index is 11.2. The summed E-state index contributed by atoms with van der Waals surface area (Å²) in [5.74, 6) is 0. The second-order valence-corrected chi connectivity index (χ2v) is 4.18. The van der Waals surface area contributed by atoms with Gasteiger partial charge in [0, 0.05) is 0 Å². The summed E-state index contributed by atoms with van der Waals surface area (Å²) in [6, 6.07) is 0. The van der Waals surface area contributed by atoms with Crippen molar-refractivity contribution in [1.29, 1.82) is 0 Å². The van der Waals surface area contributed by atoms with Crippen LogP contribution in [0.2, 0.25) is 0 Å². The smallest absolute Gasteiger partial charge is 0.414 e. The number of amides is 1. The van der Waals surface area contributed by atoms with Gasteiger partial charge in [-0.3, -0.25) is 5.32 Å². The number of alkyl carbamates (subject to hydrolysis) is 1. The Hall–Kier alpha value is -0.840. The lowest BCUT2D eigenvalue weighted by atomic mass is 10.2. The van der Waals surface area contributed by atoms with Crippen LogP contribution < -0.4 is 5.32 Å². The van der Waals surface area contributed by atoms with Gasteiger partial charge in [0.05, 0.1) is 13.2 Å². The largest absolute Gasteiger partial charge is 0.471 e. The molecular formula is C12H23NO3S. The van der Waals surface area contributed by atoms with Gasteiger partial charge < -0.3 is 9.47 Å².